The highest BCUT2D eigenvalue weighted by molar-refractivity contribution is 7.13. The van der Waals surface area contributed by atoms with Crippen molar-refractivity contribution < 1.29 is 9.21 Å². The number of hydrogen-bond donors (Lipinski definition) is 1. The molecule has 3 heterocycles. The number of aryl methyl sites for hydroxylation is 1. The maximum atomic E-state index is 13.2. The monoisotopic (exact) mass is 440 g/mol. The Morgan fingerprint density at radius 2 is 2.03 bits per heavy atom. The number of aromatic nitrogens is 4. The minimum Gasteiger partial charge on any atom is -0.419 e. The van der Waals surface area contributed by atoms with Crippen LogP contribution in [0.5, 0.6) is 0 Å². The summed E-state index contributed by atoms with van der Waals surface area (Å²) in [6.07, 6.45) is 1.73. The van der Waals surface area contributed by atoms with Crippen molar-refractivity contribution in [1.82, 2.24) is 25.1 Å². The van der Waals surface area contributed by atoms with Gasteiger partial charge in [-0.2, -0.15) is 0 Å². The Hall–Kier alpha value is -2.95. The quantitative estimate of drug-likeness (QED) is 0.484. The van der Waals surface area contributed by atoms with Crippen molar-refractivity contribution in [3.63, 3.8) is 0 Å². The van der Waals surface area contributed by atoms with E-state index in [0.29, 0.717) is 29.5 Å². The average Bonchev–Trinajstić information content (AvgIpc) is 3.49. The van der Waals surface area contributed by atoms with Gasteiger partial charge < -0.3 is 15.1 Å². The van der Waals surface area contributed by atoms with Crippen molar-refractivity contribution in [1.29, 1.82) is 0 Å². The van der Waals surface area contributed by atoms with E-state index in [2.05, 4.69) is 20.2 Å². The van der Waals surface area contributed by atoms with E-state index in [1.165, 1.54) is 22.7 Å². The number of amides is 1. The fourth-order valence-corrected chi connectivity index (χ4v) is 4.32. The predicted molar refractivity (Wildman–Crippen MR) is 116 cm³/mol. The van der Waals surface area contributed by atoms with Crippen LogP contribution < -0.4 is 5.73 Å². The molecule has 0 aliphatic heterocycles. The molecule has 1 amide bonds. The smallest absolute Gasteiger partial charge is 0.254 e. The van der Waals surface area contributed by atoms with Crippen LogP contribution in [0.1, 0.15) is 39.9 Å². The van der Waals surface area contributed by atoms with Gasteiger partial charge in [0.15, 0.2) is 0 Å². The van der Waals surface area contributed by atoms with Crippen molar-refractivity contribution in [2.45, 2.75) is 26.4 Å². The zero-order valence-corrected chi connectivity index (χ0v) is 18.3. The van der Waals surface area contributed by atoms with Crippen LogP contribution in [0.2, 0.25) is 0 Å². The molecular formula is C20H20N6O2S2. The molecule has 4 rings (SSSR count). The standard InChI is InChI=1S/C20H20N6O2S2/c1-11-10-30-16(23-11)9-26(3)20(27)15-7-13(18-25-24-17(28-18)12(2)21)6-14(8-15)19-22-4-5-29-19/h4-8,10,12H,9,21H2,1-3H3/t12-/m0/s1. The number of nitrogens with zero attached hydrogens (tertiary/aromatic N) is 5. The summed E-state index contributed by atoms with van der Waals surface area (Å²) in [6.45, 7) is 4.14. The van der Waals surface area contributed by atoms with Gasteiger partial charge in [-0.3, -0.25) is 4.79 Å². The molecule has 154 valence electrons. The summed E-state index contributed by atoms with van der Waals surface area (Å²) < 4.78 is 5.70. The second-order valence-corrected chi connectivity index (χ2v) is 8.75. The van der Waals surface area contributed by atoms with E-state index < -0.39 is 0 Å². The predicted octanol–water partition coefficient (Wildman–Crippen LogP) is 3.92. The Morgan fingerprint density at radius 1 is 1.23 bits per heavy atom. The van der Waals surface area contributed by atoms with Gasteiger partial charge in [-0.25, -0.2) is 9.97 Å². The third kappa shape index (κ3) is 4.30. The van der Waals surface area contributed by atoms with Gasteiger partial charge >= 0.3 is 0 Å². The zero-order chi connectivity index (χ0) is 21.3. The lowest BCUT2D eigenvalue weighted by Gasteiger charge is -2.16. The van der Waals surface area contributed by atoms with Crippen LogP contribution in [0.15, 0.2) is 39.6 Å². The third-order valence-corrected chi connectivity index (χ3v) is 6.10. The van der Waals surface area contributed by atoms with Crippen molar-refractivity contribution >= 4 is 28.6 Å². The van der Waals surface area contributed by atoms with Crippen molar-refractivity contribution in [3.8, 4) is 22.0 Å². The van der Waals surface area contributed by atoms with Crippen LogP contribution in [0.25, 0.3) is 22.0 Å². The summed E-state index contributed by atoms with van der Waals surface area (Å²) in [4.78, 5) is 23.6. The van der Waals surface area contributed by atoms with E-state index in [1.54, 1.807) is 31.1 Å². The molecule has 0 spiro atoms. The first-order valence-electron chi connectivity index (χ1n) is 9.21. The topological polar surface area (TPSA) is 111 Å². The van der Waals surface area contributed by atoms with E-state index in [9.17, 15) is 4.79 Å². The van der Waals surface area contributed by atoms with Crippen LogP contribution in [0.3, 0.4) is 0 Å². The largest absolute Gasteiger partial charge is 0.419 e. The molecule has 0 aliphatic carbocycles. The summed E-state index contributed by atoms with van der Waals surface area (Å²) >= 11 is 3.03. The summed E-state index contributed by atoms with van der Waals surface area (Å²) in [5, 5.41) is 13.6. The van der Waals surface area contributed by atoms with E-state index in [-0.39, 0.29) is 11.9 Å². The van der Waals surface area contributed by atoms with Crippen LogP contribution in [-0.2, 0) is 6.54 Å². The minimum atomic E-state index is -0.373. The first-order valence-corrected chi connectivity index (χ1v) is 11.0. The Balaban J connectivity index is 1.70. The number of hydrogen-bond acceptors (Lipinski definition) is 9. The number of nitrogens with two attached hydrogens (primary N) is 1. The molecule has 0 unspecified atom stereocenters. The Kier molecular flexibility index (Phi) is 5.71. The number of thiazole rings is 2. The van der Waals surface area contributed by atoms with Crippen LogP contribution in [0.4, 0.5) is 0 Å². The van der Waals surface area contributed by atoms with Gasteiger partial charge in [-0.05, 0) is 32.0 Å². The van der Waals surface area contributed by atoms with E-state index in [1.807, 2.05) is 29.8 Å². The fourth-order valence-electron chi connectivity index (χ4n) is 2.87. The second kappa shape index (κ2) is 8.42. The molecule has 0 aliphatic rings. The van der Waals surface area contributed by atoms with Crippen molar-refractivity contribution in [3.05, 3.63) is 57.3 Å². The van der Waals surface area contributed by atoms with Crippen molar-refractivity contribution in [2.24, 2.45) is 5.73 Å². The molecule has 0 saturated heterocycles. The van der Waals surface area contributed by atoms with Crippen LogP contribution in [-0.4, -0.2) is 38.0 Å². The lowest BCUT2D eigenvalue weighted by atomic mass is 10.0. The third-order valence-electron chi connectivity index (χ3n) is 4.32. The van der Waals surface area contributed by atoms with Gasteiger partial charge in [0.05, 0.1) is 12.6 Å². The lowest BCUT2D eigenvalue weighted by molar-refractivity contribution is 0.0785. The lowest BCUT2D eigenvalue weighted by Crippen LogP contribution is -2.26. The van der Waals surface area contributed by atoms with Crippen LogP contribution >= 0.6 is 22.7 Å². The van der Waals surface area contributed by atoms with Gasteiger partial charge in [0, 0.05) is 46.4 Å². The van der Waals surface area contributed by atoms with Gasteiger partial charge in [0.25, 0.3) is 5.91 Å². The minimum absolute atomic E-state index is 0.130. The highest BCUT2D eigenvalue weighted by Crippen LogP contribution is 2.30. The molecule has 0 fully saturated rings. The fraction of sp³-hybridized carbons (Fsp3) is 0.250. The molecule has 10 heteroatoms. The molecule has 30 heavy (non-hydrogen) atoms. The van der Waals surface area contributed by atoms with E-state index in [4.69, 9.17) is 10.2 Å². The van der Waals surface area contributed by atoms with Gasteiger partial charge in [-0.1, -0.05) is 0 Å². The molecule has 3 aromatic heterocycles. The molecule has 8 nitrogen and oxygen atoms in total. The molecule has 0 bridgehead atoms. The molecule has 4 aromatic rings. The Labute approximate surface area is 181 Å². The second-order valence-electron chi connectivity index (χ2n) is 6.91. The average molecular weight is 441 g/mol. The Bertz CT molecular complexity index is 1170. The molecule has 0 radical (unpaired) electrons. The van der Waals surface area contributed by atoms with E-state index >= 15 is 0 Å². The number of benzene rings is 1. The van der Waals surface area contributed by atoms with Gasteiger partial charge in [0.1, 0.15) is 10.0 Å². The maximum absolute atomic E-state index is 13.2. The molecular weight excluding hydrogens is 420 g/mol. The first-order chi connectivity index (χ1) is 14.4. The molecule has 0 saturated carbocycles. The number of carbonyl (C=O) groups is 1. The zero-order valence-electron chi connectivity index (χ0n) is 16.7. The molecule has 2 N–H and O–H groups in total. The Morgan fingerprint density at radius 3 is 2.67 bits per heavy atom. The van der Waals surface area contributed by atoms with Gasteiger partial charge in [0.2, 0.25) is 11.8 Å². The SMILES string of the molecule is Cc1csc(CN(C)C(=O)c2cc(-c3nnc([C@H](C)N)o3)cc(-c3nccs3)c2)n1. The maximum Gasteiger partial charge on any atom is 0.254 e. The van der Waals surface area contributed by atoms with Gasteiger partial charge in [-0.15, -0.1) is 32.9 Å². The van der Waals surface area contributed by atoms with E-state index in [0.717, 1.165) is 21.3 Å². The highest BCUT2D eigenvalue weighted by Gasteiger charge is 2.19. The molecule has 1 aromatic carbocycles. The summed E-state index contributed by atoms with van der Waals surface area (Å²) in [7, 11) is 1.76. The number of carbonyl (C=O) groups excluding carboxylic acids is 1. The normalized spacial score (nSPS) is 12.1. The highest BCUT2D eigenvalue weighted by atomic mass is 32.1. The van der Waals surface area contributed by atoms with Crippen molar-refractivity contribution in [2.75, 3.05) is 7.05 Å². The summed E-state index contributed by atoms with van der Waals surface area (Å²) in [5.74, 6) is 0.524. The summed E-state index contributed by atoms with van der Waals surface area (Å²) in [6, 6.07) is 5.10. The summed E-state index contributed by atoms with van der Waals surface area (Å²) in [5.41, 5.74) is 8.75. The number of rotatable bonds is 6. The molecule has 1 atom stereocenters. The first kappa shape index (κ1) is 20.3. The van der Waals surface area contributed by atoms with Crippen LogP contribution in [0, 0.1) is 6.92 Å².